The number of carbonyl (C=O) groups is 1. The van der Waals surface area contributed by atoms with Gasteiger partial charge in [-0.1, -0.05) is 24.3 Å². The Balaban J connectivity index is 1.40. The first-order chi connectivity index (χ1) is 13.5. The Kier molecular flexibility index (Phi) is 5.47. The molecule has 2 heterocycles. The zero-order valence-corrected chi connectivity index (χ0v) is 16.7. The van der Waals surface area contributed by atoms with E-state index in [0.29, 0.717) is 17.2 Å². The molecule has 0 radical (unpaired) electrons. The van der Waals surface area contributed by atoms with Crippen LogP contribution in [0, 0.1) is 12.7 Å². The summed E-state index contributed by atoms with van der Waals surface area (Å²) in [4.78, 5) is 19.8. The summed E-state index contributed by atoms with van der Waals surface area (Å²) in [6.45, 7) is 7.77. The lowest BCUT2D eigenvalue weighted by molar-refractivity contribution is 0.0755. The number of halogens is 1. The van der Waals surface area contributed by atoms with Crippen molar-refractivity contribution in [3.8, 4) is 11.1 Å². The van der Waals surface area contributed by atoms with Gasteiger partial charge in [0, 0.05) is 50.9 Å². The second kappa shape index (κ2) is 8.02. The molecule has 2 aromatic rings. The lowest BCUT2D eigenvalue weighted by Crippen LogP contribution is -2.50. The summed E-state index contributed by atoms with van der Waals surface area (Å²) >= 11 is 0. The van der Waals surface area contributed by atoms with Crippen LogP contribution in [0.4, 0.5) is 4.39 Å². The first-order valence-corrected chi connectivity index (χ1v) is 10.1. The molecule has 0 aromatic heterocycles. The molecule has 2 aromatic carbocycles. The van der Waals surface area contributed by atoms with Crippen LogP contribution in [0.15, 0.2) is 42.5 Å². The molecule has 2 saturated heterocycles. The van der Waals surface area contributed by atoms with Crippen LogP contribution in [0.2, 0.25) is 0 Å². The number of carbonyl (C=O) groups excluding carboxylic acids is 1. The van der Waals surface area contributed by atoms with Crippen LogP contribution in [0.5, 0.6) is 0 Å². The number of rotatable bonds is 3. The van der Waals surface area contributed by atoms with Gasteiger partial charge in [0.15, 0.2) is 0 Å². The zero-order chi connectivity index (χ0) is 19.7. The van der Waals surface area contributed by atoms with Gasteiger partial charge in [-0.15, -0.1) is 0 Å². The van der Waals surface area contributed by atoms with Crippen molar-refractivity contribution in [3.05, 3.63) is 59.4 Å². The molecule has 2 aliphatic heterocycles. The van der Waals surface area contributed by atoms with Crippen LogP contribution in [-0.2, 0) is 0 Å². The van der Waals surface area contributed by atoms with Gasteiger partial charge in [0.2, 0.25) is 0 Å². The van der Waals surface area contributed by atoms with Gasteiger partial charge in [-0.25, -0.2) is 4.39 Å². The zero-order valence-electron chi connectivity index (χ0n) is 16.7. The number of likely N-dealkylation sites (tertiary alicyclic amines) is 1. The van der Waals surface area contributed by atoms with Gasteiger partial charge in [-0.05, 0) is 55.3 Å². The molecule has 0 aliphatic carbocycles. The maximum absolute atomic E-state index is 13.8. The van der Waals surface area contributed by atoms with Crippen molar-refractivity contribution in [3.63, 3.8) is 0 Å². The third-order valence-corrected chi connectivity index (χ3v) is 6.14. The molecule has 0 N–H and O–H groups in total. The third-order valence-electron chi connectivity index (χ3n) is 6.14. The Morgan fingerprint density at radius 3 is 2.32 bits per heavy atom. The number of likely N-dealkylation sites (N-methyl/N-ethyl adjacent to an activating group) is 1. The Hall–Kier alpha value is -2.24. The summed E-state index contributed by atoms with van der Waals surface area (Å²) in [5.41, 5.74) is 3.10. The van der Waals surface area contributed by atoms with Gasteiger partial charge in [-0.3, -0.25) is 9.69 Å². The van der Waals surface area contributed by atoms with E-state index in [4.69, 9.17) is 0 Å². The average Bonchev–Trinajstić information content (AvgIpc) is 3.20. The second-order valence-corrected chi connectivity index (χ2v) is 8.07. The van der Waals surface area contributed by atoms with Crippen LogP contribution >= 0.6 is 0 Å². The highest BCUT2D eigenvalue weighted by Gasteiger charge is 2.31. The first kappa shape index (κ1) is 19.1. The minimum absolute atomic E-state index is 0.0956. The Morgan fingerprint density at radius 2 is 1.64 bits per heavy atom. The molecule has 28 heavy (non-hydrogen) atoms. The summed E-state index contributed by atoms with van der Waals surface area (Å²) in [7, 11) is 2.16. The van der Waals surface area contributed by atoms with Gasteiger partial charge in [-0.2, -0.15) is 0 Å². The Morgan fingerprint density at radius 1 is 0.964 bits per heavy atom. The Labute approximate surface area is 166 Å². The normalized spacial score (nSPS) is 21.2. The summed E-state index contributed by atoms with van der Waals surface area (Å²) in [6.07, 6.45) is 1.05. The van der Waals surface area contributed by atoms with E-state index in [0.717, 1.165) is 56.8 Å². The molecule has 0 bridgehead atoms. The molecule has 1 atom stereocenters. The van der Waals surface area contributed by atoms with Crippen molar-refractivity contribution in [2.45, 2.75) is 19.4 Å². The molecule has 4 nitrogen and oxygen atoms in total. The fourth-order valence-electron chi connectivity index (χ4n) is 4.17. The molecule has 1 unspecified atom stereocenters. The highest BCUT2D eigenvalue weighted by Crippen LogP contribution is 2.24. The number of nitrogens with zero attached hydrogens (tertiary/aromatic N) is 3. The molecule has 2 aliphatic rings. The van der Waals surface area contributed by atoms with Gasteiger partial charge in [0.25, 0.3) is 5.91 Å². The van der Waals surface area contributed by atoms with Crippen molar-refractivity contribution in [2.24, 2.45) is 0 Å². The quantitative estimate of drug-likeness (QED) is 0.817. The van der Waals surface area contributed by atoms with Gasteiger partial charge >= 0.3 is 0 Å². The fourth-order valence-corrected chi connectivity index (χ4v) is 4.17. The van der Waals surface area contributed by atoms with E-state index in [9.17, 15) is 9.18 Å². The predicted molar refractivity (Wildman–Crippen MR) is 110 cm³/mol. The number of hydrogen-bond acceptors (Lipinski definition) is 3. The monoisotopic (exact) mass is 381 g/mol. The molecule has 2 fully saturated rings. The van der Waals surface area contributed by atoms with E-state index in [1.54, 1.807) is 19.1 Å². The predicted octanol–water partition coefficient (Wildman–Crippen LogP) is 3.26. The van der Waals surface area contributed by atoms with Crippen LogP contribution in [0.3, 0.4) is 0 Å². The number of piperazine rings is 1. The maximum atomic E-state index is 13.8. The number of amides is 1. The maximum Gasteiger partial charge on any atom is 0.253 e. The van der Waals surface area contributed by atoms with Crippen molar-refractivity contribution in [1.82, 2.24) is 14.7 Å². The molecule has 1 amide bonds. The van der Waals surface area contributed by atoms with Gasteiger partial charge in [0.05, 0.1) is 0 Å². The van der Waals surface area contributed by atoms with Crippen molar-refractivity contribution in [2.75, 3.05) is 46.3 Å². The summed E-state index contributed by atoms with van der Waals surface area (Å²) in [5, 5.41) is 0. The lowest BCUT2D eigenvalue weighted by Gasteiger charge is -2.36. The summed E-state index contributed by atoms with van der Waals surface area (Å²) < 4.78 is 13.8. The van der Waals surface area contributed by atoms with Crippen LogP contribution in [0.25, 0.3) is 11.1 Å². The summed E-state index contributed by atoms with van der Waals surface area (Å²) in [6, 6.07) is 13.3. The van der Waals surface area contributed by atoms with E-state index in [2.05, 4.69) is 16.8 Å². The lowest BCUT2D eigenvalue weighted by atomic mass is 10.0. The van der Waals surface area contributed by atoms with E-state index < -0.39 is 0 Å². The largest absolute Gasteiger partial charge is 0.337 e. The molecule has 0 spiro atoms. The third kappa shape index (κ3) is 3.96. The highest BCUT2D eigenvalue weighted by molar-refractivity contribution is 5.95. The van der Waals surface area contributed by atoms with Crippen LogP contribution < -0.4 is 0 Å². The topological polar surface area (TPSA) is 26.8 Å². The van der Waals surface area contributed by atoms with Crippen LogP contribution in [-0.4, -0.2) is 73.0 Å². The van der Waals surface area contributed by atoms with E-state index in [-0.39, 0.29) is 11.7 Å². The summed E-state index contributed by atoms with van der Waals surface area (Å²) in [5.74, 6) is -0.108. The first-order valence-electron chi connectivity index (χ1n) is 10.1. The van der Waals surface area contributed by atoms with Crippen molar-refractivity contribution >= 4 is 5.91 Å². The van der Waals surface area contributed by atoms with E-state index in [1.165, 1.54) is 0 Å². The molecule has 4 rings (SSSR count). The standard InChI is InChI=1S/C23H28FN3O/c1-17-3-4-20(15-22(17)24)18-5-7-19(8-6-18)23(28)27-10-9-21(16-27)26-13-11-25(2)12-14-26/h3-8,15,21H,9-14,16H2,1-2H3. The average molecular weight is 381 g/mol. The second-order valence-electron chi connectivity index (χ2n) is 8.07. The molecule has 5 heteroatoms. The minimum atomic E-state index is -0.204. The van der Waals surface area contributed by atoms with Crippen molar-refractivity contribution < 1.29 is 9.18 Å². The number of aryl methyl sites for hydroxylation is 1. The highest BCUT2D eigenvalue weighted by atomic mass is 19.1. The van der Waals surface area contributed by atoms with Gasteiger partial charge in [0.1, 0.15) is 5.82 Å². The van der Waals surface area contributed by atoms with E-state index in [1.807, 2.05) is 35.2 Å². The van der Waals surface area contributed by atoms with E-state index >= 15 is 0 Å². The molecular formula is C23H28FN3O. The molecular weight excluding hydrogens is 353 g/mol. The number of hydrogen-bond donors (Lipinski definition) is 0. The SMILES string of the molecule is Cc1ccc(-c2ccc(C(=O)N3CCC(N4CCN(C)CC4)C3)cc2)cc1F. The van der Waals surface area contributed by atoms with Crippen molar-refractivity contribution in [1.29, 1.82) is 0 Å². The van der Waals surface area contributed by atoms with Crippen LogP contribution in [0.1, 0.15) is 22.3 Å². The number of benzene rings is 2. The fraction of sp³-hybridized carbons (Fsp3) is 0.435. The smallest absolute Gasteiger partial charge is 0.253 e. The molecule has 148 valence electrons. The minimum Gasteiger partial charge on any atom is -0.337 e. The molecule has 0 saturated carbocycles. The van der Waals surface area contributed by atoms with Gasteiger partial charge < -0.3 is 9.80 Å². The Bertz CT molecular complexity index is 843.